The smallest absolute Gasteiger partial charge is 0.185 e. The Bertz CT molecular complexity index is 78.5. The Kier molecular flexibility index (Phi) is 1.99. The quantitative estimate of drug-likeness (QED) is 0.381. The summed E-state index contributed by atoms with van der Waals surface area (Å²) in [5.41, 5.74) is 0. The van der Waals surface area contributed by atoms with Crippen LogP contribution in [0.4, 0.5) is 0 Å². The number of nitrogens with zero attached hydrogens (tertiary/aromatic N) is 1. The van der Waals surface area contributed by atoms with Gasteiger partial charge in [-0.3, -0.25) is 0 Å². The first-order valence-corrected chi connectivity index (χ1v) is 3.97. The van der Waals surface area contributed by atoms with Crippen molar-refractivity contribution < 1.29 is 0 Å². The van der Waals surface area contributed by atoms with E-state index in [1.54, 1.807) is 0 Å². The van der Waals surface area contributed by atoms with Crippen LogP contribution in [0.3, 0.4) is 0 Å². The molecule has 1 aliphatic rings. The first-order valence-electron chi connectivity index (χ1n) is 3.06. The Morgan fingerprint density at radius 1 is 1.75 bits per heavy atom. The van der Waals surface area contributed by atoms with Crippen molar-refractivity contribution in [2.24, 2.45) is 0 Å². The van der Waals surface area contributed by atoms with Crippen molar-refractivity contribution in [2.75, 3.05) is 6.54 Å². The van der Waals surface area contributed by atoms with Gasteiger partial charge in [0, 0.05) is 10.9 Å². The molecule has 3 heteroatoms. The largest absolute Gasteiger partial charge is 0.345 e. The van der Waals surface area contributed by atoms with Gasteiger partial charge in [-0.15, -0.1) is 0 Å². The molecule has 0 amide bonds. The molecule has 46 valence electrons. The molecule has 0 spiro atoms. The van der Waals surface area contributed by atoms with Crippen LogP contribution in [0, 0.1) is 0 Å². The van der Waals surface area contributed by atoms with Gasteiger partial charge in [-0.05, 0) is 19.9 Å². The van der Waals surface area contributed by atoms with E-state index in [9.17, 15) is 0 Å². The highest BCUT2D eigenvalue weighted by atomic mass is 79.9. The summed E-state index contributed by atoms with van der Waals surface area (Å²) in [6.07, 6.45) is 1.30. The standard InChI is InChI=1S/C5H11BBrN/c1-4-5(7)2-3-8(4)6/h4-5H,2-3,6H2,1H3. The third-order valence-electron chi connectivity index (χ3n) is 1.98. The maximum absolute atomic E-state index is 3.60. The molecule has 8 heavy (non-hydrogen) atoms. The molecule has 1 aliphatic heterocycles. The van der Waals surface area contributed by atoms with E-state index in [4.69, 9.17) is 0 Å². The zero-order valence-electron chi connectivity index (χ0n) is 5.39. The normalized spacial score (nSPS) is 40.8. The lowest BCUT2D eigenvalue weighted by atomic mass is 10.2. The topological polar surface area (TPSA) is 3.24 Å². The third kappa shape index (κ3) is 1.08. The number of hydrogen-bond donors (Lipinski definition) is 0. The second kappa shape index (κ2) is 2.40. The van der Waals surface area contributed by atoms with Gasteiger partial charge in [-0.2, -0.15) is 0 Å². The number of rotatable bonds is 0. The summed E-state index contributed by atoms with van der Waals surface area (Å²) < 4.78 is 0. The van der Waals surface area contributed by atoms with Gasteiger partial charge in [-0.25, -0.2) is 0 Å². The fraction of sp³-hybridized carbons (Fsp3) is 1.00. The predicted molar refractivity (Wildman–Crippen MR) is 42.0 cm³/mol. The van der Waals surface area contributed by atoms with Gasteiger partial charge in [0.1, 0.15) is 0 Å². The van der Waals surface area contributed by atoms with Crippen molar-refractivity contribution >= 4 is 23.9 Å². The lowest BCUT2D eigenvalue weighted by Crippen LogP contribution is -2.27. The van der Waals surface area contributed by atoms with Gasteiger partial charge in [0.05, 0.1) is 0 Å². The Morgan fingerprint density at radius 2 is 2.38 bits per heavy atom. The van der Waals surface area contributed by atoms with Gasteiger partial charge in [-0.1, -0.05) is 15.9 Å². The molecule has 2 atom stereocenters. The first-order chi connectivity index (χ1) is 3.72. The maximum Gasteiger partial charge on any atom is 0.185 e. The molecule has 0 N–H and O–H groups in total. The summed E-state index contributed by atoms with van der Waals surface area (Å²) in [4.78, 5) is 3.10. The molecule has 0 aliphatic carbocycles. The highest BCUT2D eigenvalue weighted by Crippen LogP contribution is 2.21. The molecule has 1 rings (SSSR count). The van der Waals surface area contributed by atoms with Crippen molar-refractivity contribution in [1.29, 1.82) is 0 Å². The number of halogens is 1. The lowest BCUT2D eigenvalue weighted by Gasteiger charge is -2.15. The Morgan fingerprint density at radius 3 is 2.50 bits per heavy atom. The molecule has 0 aromatic heterocycles. The summed E-state index contributed by atoms with van der Waals surface area (Å²) in [5.74, 6) is 0. The van der Waals surface area contributed by atoms with Crippen LogP contribution in [-0.2, 0) is 0 Å². The van der Waals surface area contributed by atoms with Crippen LogP contribution >= 0.6 is 15.9 Å². The Labute approximate surface area is 60.0 Å². The highest BCUT2D eigenvalue weighted by molar-refractivity contribution is 9.09. The molecule has 0 aromatic carbocycles. The Hall–Kier alpha value is 0.505. The van der Waals surface area contributed by atoms with E-state index in [2.05, 4.69) is 35.6 Å². The van der Waals surface area contributed by atoms with E-state index in [-0.39, 0.29) is 0 Å². The fourth-order valence-electron chi connectivity index (χ4n) is 1.05. The molecular weight excluding hydrogens is 165 g/mol. The van der Waals surface area contributed by atoms with Gasteiger partial charge in [0.15, 0.2) is 7.98 Å². The van der Waals surface area contributed by atoms with Crippen molar-refractivity contribution in [3.05, 3.63) is 0 Å². The second-order valence-corrected chi connectivity index (χ2v) is 3.70. The average Bonchev–Trinajstić information content (AvgIpc) is 1.98. The van der Waals surface area contributed by atoms with Crippen LogP contribution in [-0.4, -0.2) is 30.2 Å². The van der Waals surface area contributed by atoms with Crippen LogP contribution in [0.25, 0.3) is 0 Å². The molecule has 0 bridgehead atoms. The summed E-state index contributed by atoms with van der Waals surface area (Å²) in [5, 5.41) is 0. The molecule has 1 fully saturated rings. The van der Waals surface area contributed by atoms with E-state index in [1.165, 1.54) is 13.0 Å². The molecule has 0 saturated carbocycles. The van der Waals surface area contributed by atoms with Crippen molar-refractivity contribution in [3.63, 3.8) is 0 Å². The molecule has 1 nitrogen and oxygen atoms in total. The van der Waals surface area contributed by atoms with E-state index >= 15 is 0 Å². The monoisotopic (exact) mass is 175 g/mol. The van der Waals surface area contributed by atoms with E-state index in [0.717, 1.165) is 10.9 Å². The van der Waals surface area contributed by atoms with Crippen LogP contribution in [0.2, 0.25) is 0 Å². The lowest BCUT2D eigenvalue weighted by molar-refractivity contribution is 0.455. The average molecular weight is 176 g/mol. The molecule has 1 saturated heterocycles. The highest BCUT2D eigenvalue weighted by Gasteiger charge is 2.24. The first kappa shape index (κ1) is 6.62. The second-order valence-electron chi connectivity index (χ2n) is 2.53. The summed E-state index contributed by atoms with van der Waals surface area (Å²) in [6, 6.07) is 0.731. The summed E-state index contributed by atoms with van der Waals surface area (Å²) >= 11 is 3.60. The van der Waals surface area contributed by atoms with Crippen molar-refractivity contribution in [1.82, 2.24) is 4.81 Å². The van der Waals surface area contributed by atoms with E-state index in [0.29, 0.717) is 0 Å². The molecular formula is C5H11BBrN. The minimum absolute atomic E-state index is 0.729. The van der Waals surface area contributed by atoms with Crippen molar-refractivity contribution in [3.8, 4) is 0 Å². The summed E-state index contributed by atoms with van der Waals surface area (Å²) in [7, 11) is 2.17. The SMILES string of the molecule is BN1CCC(Br)C1C. The van der Waals surface area contributed by atoms with Crippen LogP contribution in [0.5, 0.6) is 0 Å². The van der Waals surface area contributed by atoms with Crippen LogP contribution in [0.1, 0.15) is 13.3 Å². The van der Waals surface area contributed by atoms with E-state index < -0.39 is 0 Å². The summed E-state index contributed by atoms with van der Waals surface area (Å²) in [6.45, 7) is 3.50. The molecule has 1 heterocycles. The predicted octanol–water partition coefficient (Wildman–Crippen LogP) is 0.392. The fourth-order valence-corrected chi connectivity index (χ4v) is 1.66. The van der Waals surface area contributed by atoms with E-state index in [1.807, 2.05) is 0 Å². The van der Waals surface area contributed by atoms with Gasteiger partial charge in [0.2, 0.25) is 0 Å². The molecule has 2 unspecified atom stereocenters. The van der Waals surface area contributed by atoms with Gasteiger partial charge >= 0.3 is 0 Å². The molecule has 0 radical (unpaired) electrons. The van der Waals surface area contributed by atoms with Crippen molar-refractivity contribution in [2.45, 2.75) is 24.2 Å². The van der Waals surface area contributed by atoms with Gasteiger partial charge < -0.3 is 4.81 Å². The Balaban J connectivity index is 2.44. The minimum atomic E-state index is 0.729. The number of alkyl halides is 1. The van der Waals surface area contributed by atoms with Gasteiger partial charge in [0.25, 0.3) is 0 Å². The minimum Gasteiger partial charge on any atom is -0.345 e. The maximum atomic E-state index is 3.60. The zero-order valence-corrected chi connectivity index (χ0v) is 6.98. The zero-order chi connectivity index (χ0) is 6.15. The number of hydrogen-bond acceptors (Lipinski definition) is 1. The third-order valence-corrected chi connectivity index (χ3v) is 3.20. The molecule has 0 aromatic rings. The van der Waals surface area contributed by atoms with Crippen LogP contribution < -0.4 is 0 Å². The van der Waals surface area contributed by atoms with Crippen LogP contribution in [0.15, 0.2) is 0 Å².